The van der Waals surface area contributed by atoms with Crippen LogP contribution in [0.2, 0.25) is 5.02 Å². The number of allylic oxidation sites excluding steroid dienone is 1. The summed E-state index contributed by atoms with van der Waals surface area (Å²) in [4.78, 5) is 2.15. The molecule has 1 aliphatic rings. The number of hydrogen-bond acceptors (Lipinski definition) is 3. The molecule has 26 heavy (non-hydrogen) atoms. The zero-order chi connectivity index (χ0) is 18.4. The molecule has 6 heteroatoms. The molecule has 0 spiro atoms. The predicted molar refractivity (Wildman–Crippen MR) is 107 cm³/mol. The summed E-state index contributed by atoms with van der Waals surface area (Å²) >= 11 is 5.91. The highest BCUT2D eigenvalue weighted by molar-refractivity contribution is 7.92. The Kier molecular flexibility index (Phi) is 6.00. The van der Waals surface area contributed by atoms with Crippen LogP contribution in [0, 0.1) is 11.8 Å². The Balaban J connectivity index is 1.58. The first kappa shape index (κ1) is 18.5. The Morgan fingerprint density at radius 3 is 2.23 bits per heavy atom. The van der Waals surface area contributed by atoms with Gasteiger partial charge in [0.25, 0.3) is 0 Å². The molecule has 0 aromatic heterocycles. The largest absolute Gasteiger partial charge is 0.369 e. The van der Waals surface area contributed by atoms with Gasteiger partial charge in [-0.25, -0.2) is 8.42 Å². The number of nitrogens with zero attached hydrogens (tertiary/aromatic N) is 2. The zero-order valence-corrected chi connectivity index (χ0v) is 15.7. The van der Waals surface area contributed by atoms with Gasteiger partial charge >= 0.3 is 0 Å². The molecule has 0 unspecified atom stereocenters. The lowest BCUT2D eigenvalue weighted by atomic mass is 10.2. The van der Waals surface area contributed by atoms with Gasteiger partial charge in [0.1, 0.15) is 0 Å². The van der Waals surface area contributed by atoms with Crippen LogP contribution >= 0.6 is 11.6 Å². The predicted octanol–water partition coefficient (Wildman–Crippen LogP) is 3.36. The van der Waals surface area contributed by atoms with Gasteiger partial charge in [0, 0.05) is 48.5 Å². The van der Waals surface area contributed by atoms with E-state index in [2.05, 4.69) is 16.7 Å². The standard InChI is InChI=1S/C20H19ClN2O2S/c21-19-9-11-20(12-10-19)22-13-15-23(16-14-22)26(24,25)17-5-4-8-18-6-2-1-3-7-18/h1-3,5-7,9-12,17H,13-16H2. The Bertz CT molecular complexity index is 921. The quantitative estimate of drug-likeness (QED) is 0.759. The van der Waals surface area contributed by atoms with Crippen LogP contribution in [0.15, 0.2) is 66.1 Å². The van der Waals surface area contributed by atoms with Gasteiger partial charge in [-0.1, -0.05) is 41.6 Å². The lowest BCUT2D eigenvalue weighted by molar-refractivity contribution is 0.390. The fraction of sp³-hybridized carbons (Fsp3) is 0.200. The Morgan fingerprint density at radius 2 is 1.58 bits per heavy atom. The minimum absolute atomic E-state index is 0.446. The third-order valence-electron chi connectivity index (χ3n) is 4.10. The van der Waals surface area contributed by atoms with Crippen molar-refractivity contribution in [2.45, 2.75) is 0 Å². The van der Waals surface area contributed by atoms with Crippen molar-refractivity contribution >= 4 is 27.3 Å². The molecule has 0 amide bonds. The zero-order valence-electron chi connectivity index (χ0n) is 14.2. The van der Waals surface area contributed by atoms with Crippen LogP contribution in [0.5, 0.6) is 0 Å². The van der Waals surface area contributed by atoms with Gasteiger partial charge < -0.3 is 4.90 Å². The van der Waals surface area contributed by atoms with Crippen LogP contribution in [0.3, 0.4) is 0 Å². The fourth-order valence-corrected chi connectivity index (χ4v) is 3.92. The van der Waals surface area contributed by atoms with E-state index in [9.17, 15) is 8.42 Å². The lowest BCUT2D eigenvalue weighted by Crippen LogP contribution is -2.48. The van der Waals surface area contributed by atoms with E-state index < -0.39 is 10.0 Å². The maximum atomic E-state index is 12.4. The summed E-state index contributed by atoms with van der Waals surface area (Å²) < 4.78 is 26.3. The minimum Gasteiger partial charge on any atom is -0.369 e. The Labute approximate surface area is 159 Å². The van der Waals surface area contributed by atoms with Crippen LogP contribution in [-0.4, -0.2) is 38.9 Å². The molecule has 0 saturated carbocycles. The molecule has 1 aliphatic heterocycles. The lowest BCUT2D eigenvalue weighted by Gasteiger charge is -2.34. The number of anilines is 1. The summed E-state index contributed by atoms with van der Waals surface area (Å²) in [5.41, 5.74) is 1.90. The second kappa shape index (κ2) is 8.41. The highest BCUT2D eigenvalue weighted by atomic mass is 35.5. The fourth-order valence-electron chi connectivity index (χ4n) is 2.71. The molecule has 0 radical (unpaired) electrons. The van der Waals surface area contributed by atoms with E-state index in [0.29, 0.717) is 31.2 Å². The molecule has 0 atom stereocenters. The van der Waals surface area contributed by atoms with E-state index in [-0.39, 0.29) is 0 Å². The van der Waals surface area contributed by atoms with E-state index in [1.54, 1.807) is 0 Å². The van der Waals surface area contributed by atoms with E-state index in [0.717, 1.165) is 11.3 Å². The van der Waals surface area contributed by atoms with Crippen LogP contribution < -0.4 is 4.90 Å². The van der Waals surface area contributed by atoms with Gasteiger partial charge in [0.2, 0.25) is 10.0 Å². The molecular formula is C20H19ClN2O2S. The van der Waals surface area contributed by atoms with Gasteiger partial charge in [-0.05, 0) is 36.4 Å². The maximum absolute atomic E-state index is 12.4. The molecule has 3 rings (SSSR count). The van der Waals surface area contributed by atoms with Gasteiger partial charge in [0.05, 0.1) is 5.41 Å². The number of halogens is 1. The van der Waals surface area contributed by atoms with Crippen molar-refractivity contribution < 1.29 is 8.42 Å². The van der Waals surface area contributed by atoms with E-state index in [1.165, 1.54) is 15.8 Å². The third kappa shape index (κ3) is 4.89. The Morgan fingerprint density at radius 1 is 0.923 bits per heavy atom. The maximum Gasteiger partial charge on any atom is 0.236 e. The molecule has 1 heterocycles. The van der Waals surface area contributed by atoms with Crippen molar-refractivity contribution in [3.63, 3.8) is 0 Å². The summed E-state index contributed by atoms with van der Waals surface area (Å²) in [5.74, 6) is 5.69. The van der Waals surface area contributed by atoms with Crippen molar-refractivity contribution in [1.29, 1.82) is 0 Å². The highest BCUT2D eigenvalue weighted by Crippen LogP contribution is 2.20. The van der Waals surface area contributed by atoms with Gasteiger partial charge in [-0.15, -0.1) is 0 Å². The van der Waals surface area contributed by atoms with Crippen LogP contribution in [0.25, 0.3) is 0 Å². The normalized spacial score (nSPS) is 15.7. The van der Waals surface area contributed by atoms with Gasteiger partial charge in [-0.2, -0.15) is 4.31 Å². The van der Waals surface area contributed by atoms with Crippen molar-refractivity contribution in [3.05, 3.63) is 76.7 Å². The minimum atomic E-state index is -3.45. The van der Waals surface area contributed by atoms with Crippen molar-refractivity contribution in [3.8, 4) is 11.8 Å². The first-order valence-corrected chi connectivity index (χ1v) is 10.2. The third-order valence-corrected chi connectivity index (χ3v) is 5.92. The number of hydrogen-bond donors (Lipinski definition) is 0. The molecule has 1 saturated heterocycles. The second-order valence-electron chi connectivity index (χ2n) is 5.85. The van der Waals surface area contributed by atoms with E-state index in [4.69, 9.17) is 11.6 Å². The summed E-state index contributed by atoms with van der Waals surface area (Å²) in [6, 6.07) is 17.0. The second-order valence-corrected chi connectivity index (χ2v) is 8.10. The van der Waals surface area contributed by atoms with Crippen LogP contribution in [0.4, 0.5) is 5.69 Å². The smallest absolute Gasteiger partial charge is 0.236 e. The average Bonchev–Trinajstić information content (AvgIpc) is 2.67. The van der Waals surface area contributed by atoms with Gasteiger partial charge in [0.15, 0.2) is 0 Å². The number of sulfonamides is 1. The molecule has 4 nitrogen and oxygen atoms in total. The molecule has 0 bridgehead atoms. The van der Waals surface area contributed by atoms with Crippen molar-refractivity contribution in [2.24, 2.45) is 0 Å². The highest BCUT2D eigenvalue weighted by Gasteiger charge is 2.24. The van der Waals surface area contributed by atoms with Crippen LogP contribution in [0.1, 0.15) is 5.56 Å². The number of rotatable bonds is 3. The summed E-state index contributed by atoms with van der Waals surface area (Å²) in [6.45, 7) is 2.18. The molecule has 2 aromatic rings. The molecular weight excluding hydrogens is 368 g/mol. The molecule has 2 aromatic carbocycles. The molecule has 0 N–H and O–H groups in total. The monoisotopic (exact) mass is 386 g/mol. The SMILES string of the molecule is O=S(=O)(C=CC#Cc1ccccc1)N1CCN(c2ccc(Cl)cc2)CC1. The van der Waals surface area contributed by atoms with Crippen LogP contribution in [-0.2, 0) is 10.0 Å². The Hall–Kier alpha value is -2.26. The summed E-state index contributed by atoms with van der Waals surface area (Å²) in [7, 11) is -3.45. The molecule has 1 fully saturated rings. The first-order chi connectivity index (χ1) is 12.5. The molecule has 134 valence electrons. The van der Waals surface area contributed by atoms with Crippen molar-refractivity contribution in [2.75, 3.05) is 31.1 Å². The van der Waals surface area contributed by atoms with Gasteiger partial charge in [-0.3, -0.25) is 0 Å². The average molecular weight is 387 g/mol. The summed E-state index contributed by atoms with van der Waals surface area (Å²) in [6.07, 6.45) is 1.40. The van der Waals surface area contributed by atoms with E-state index in [1.807, 2.05) is 54.6 Å². The number of piperazine rings is 1. The topological polar surface area (TPSA) is 40.6 Å². The number of benzene rings is 2. The molecule has 0 aliphatic carbocycles. The van der Waals surface area contributed by atoms with Crippen molar-refractivity contribution in [1.82, 2.24) is 4.31 Å². The first-order valence-electron chi connectivity index (χ1n) is 8.28. The summed E-state index contributed by atoms with van der Waals surface area (Å²) in [5, 5.41) is 1.87. The van der Waals surface area contributed by atoms with E-state index >= 15 is 0 Å².